The molecular weight excluding hydrogens is 268 g/mol. The van der Waals surface area contributed by atoms with Gasteiger partial charge in [0.1, 0.15) is 0 Å². The molecule has 2 rings (SSSR count). The van der Waals surface area contributed by atoms with Crippen LogP contribution in [0.4, 0.5) is 10.5 Å². The molecule has 0 saturated heterocycles. The summed E-state index contributed by atoms with van der Waals surface area (Å²) in [5, 5.41) is 18.8. The first-order chi connectivity index (χ1) is 10.1. The van der Waals surface area contributed by atoms with E-state index in [1.54, 1.807) is 17.1 Å². The number of benzene rings is 1. The van der Waals surface area contributed by atoms with Crippen molar-refractivity contribution in [2.45, 2.75) is 19.9 Å². The van der Waals surface area contributed by atoms with Gasteiger partial charge >= 0.3 is 6.03 Å². The highest BCUT2D eigenvalue weighted by atomic mass is 16.3. The van der Waals surface area contributed by atoms with Gasteiger partial charge in [0.15, 0.2) is 0 Å². The molecule has 0 aliphatic heterocycles. The monoisotopic (exact) mass is 288 g/mol. The summed E-state index contributed by atoms with van der Waals surface area (Å²) in [6.45, 7) is 3.76. The second-order valence-corrected chi connectivity index (χ2v) is 5.06. The number of hydrogen-bond acceptors (Lipinski definition) is 3. The molecule has 112 valence electrons. The molecule has 6 nitrogen and oxygen atoms in total. The van der Waals surface area contributed by atoms with E-state index >= 15 is 0 Å². The lowest BCUT2D eigenvalue weighted by Gasteiger charge is -2.19. The highest BCUT2D eigenvalue weighted by Gasteiger charge is 2.14. The minimum atomic E-state index is -0.310. The Balaban J connectivity index is 1.95. The average Bonchev–Trinajstić information content (AvgIpc) is 2.95. The van der Waals surface area contributed by atoms with Gasteiger partial charge in [-0.3, -0.25) is 0 Å². The molecule has 6 heteroatoms. The first-order valence-corrected chi connectivity index (χ1v) is 6.88. The normalized spacial score (nSPS) is 13.5. The molecule has 0 saturated carbocycles. The zero-order valence-electron chi connectivity index (χ0n) is 12.2. The largest absolute Gasteiger partial charge is 0.396 e. The molecule has 2 amide bonds. The lowest BCUT2D eigenvalue weighted by atomic mass is 10.1. The SMILES string of the molecule is CC(CO)C(C)NC(=O)Nc1cnn(-c2ccccc2)c1. The number of nitrogens with one attached hydrogen (secondary N) is 2. The van der Waals surface area contributed by atoms with Crippen molar-refractivity contribution in [1.82, 2.24) is 15.1 Å². The summed E-state index contributed by atoms with van der Waals surface area (Å²) in [5.41, 5.74) is 1.54. The molecule has 1 aromatic carbocycles. The Kier molecular flexibility index (Phi) is 4.94. The van der Waals surface area contributed by atoms with Crippen molar-refractivity contribution >= 4 is 11.7 Å². The maximum atomic E-state index is 11.8. The molecule has 2 aromatic rings. The van der Waals surface area contributed by atoms with Crippen LogP contribution in [0, 0.1) is 5.92 Å². The molecule has 1 aromatic heterocycles. The number of amides is 2. The van der Waals surface area contributed by atoms with Crippen molar-refractivity contribution in [3.63, 3.8) is 0 Å². The summed E-state index contributed by atoms with van der Waals surface area (Å²) in [6.07, 6.45) is 3.34. The van der Waals surface area contributed by atoms with E-state index in [2.05, 4.69) is 15.7 Å². The third-order valence-corrected chi connectivity index (χ3v) is 3.36. The molecule has 21 heavy (non-hydrogen) atoms. The van der Waals surface area contributed by atoms with E-state index in [-0.39, 0.29) is 24.6 Å². The zero-order chi connectivity index (χ0) is 15.2. The van der Waals surface area contributed by atoms with Gasteiger partial charge in [0.25, 0.3) is 0 Å². The van der Waals surface area contributed by atoms with Gasteiger partial charge in [0.05, 0.1) is 23.8 Å². The number of nitrogens with zero attached hydrogens (tertiary/aromatic N) is 2. The summed E-state index contributed by atoms with van der Waals surface area (Å²) in [5.74, 6) is 0.00259. The van der Waals surface area contributed by atoms with Gasteiger partial charge in [-0.15, -0.1) is 0 Å². The summed E-state index contributed by atoms with van der Waals surface area (Å²) < 4.78 is 1.69. The molecule has 0 aliphatic carbocycles. The fourth-order valence-electron chi connectivity index (χ4n) is 1.78. The lowest BCUT2D eigenvalue weighted by Crippen LogP contribution is -2.40. The number of para-hydroxylation sites is 1. The molecule has 0 fully saturated rings. The van der Waals surface area contributed by atoms with E-state index in [1.807, 2.05) is 44.2 Å². The van der Waals surface area contributed by atoms with Gasteiger partial charge in [0.2, 0.25) is 0 Å². The summed E-state index contributed by atoms with van der Waals surface area (Å²) >= 11 is 0. The van der Waals surface area contributed by atoms with Crippen LogP contribution in [0.15, 0.2) is 42.7 Å². The Bertz CT molecular complexity index is 582. The number of carbonyl (C=O) groups excluding carboxylic acids is 1. The van der Waals surface area contributed by atoms with Crippen LogP contribution in [0.3, 0.4) is 0 Å². The molecule has 0 radical (unpaired) electrons. The number of rotatable bonds is 5. The number of aromatic nitrogens is 2. The third-order valence-electron chi connectivity index (χ3n) is 3.36. The Morgan fingerprint density at radius 2 is 2.05 bits per heavy atom. The number of aliphatic hydroxyl groups excluding tert-OH is 1. The number of urea groups is 1. The molecule has 0 bridgehead atoms. The quantitative estimate of drug-likeness (QED) is 0.787. The highest BCUT2D eigenvalue weighted by Crippen LogP contribution is 2.11. The lowest BCUT2D eigenvalue weighted by molar-refractivity contribution is 0.204. The van der Waals surface area contributed by atoms with Crippen molar-refractivity contribution in [2.75, 3.05) is 11.9 Å². The van der Waals surface area contributed by atoms with E-state index in [1.165, 1.54) is 0 Å². The Morgan fingerprint density at radius 1 is 1.33 bits per heavy atom. The fourth-order valence-corrected chi connectivity index (χ4v) is 1.78. The standard InChI is InChI=1S/C15H20N4O2/c1-11(10-20)12(2)17-15(21)18-13-8-16-19(9-13)14-6-4-3-5-7-14/h3-9,11-12,20H,10H2,1-2H3,(H2,17,18,21). The van der Waals surface area contributed by atoms with Gasteiger partial charge < -0.3 is 15.7 Å². The topological polar surface area (TPSA) is 79.2 Å². The number of hydrogen-bond donors (Lipinski definition) is 3. The number of anilines is 1. The van der Waals surface area contributed by atoms with Crippen molar-refractivity contribution in [3.8, 4) is 5.69 Å². The van der Waals surface area contributed by atoms with E-state index in [0.29, 0.717) is 5.69 Å². The van der Waals surface area contributed by atoms with Crippen LogP contribution in [0.2, 0.25) is 0 Å². The number of carbonyl (C=O) groups is 1. The molecule has 3 N–H and O–H groups in total. The summed E-state index contributed by atoms with van der Waals surface area (Å²) in [4.78, 5) is 11.8. The second kappa shape index (κ2) is 6.90. The van der Waals surface area contributed by atoms with Crippen molar-refractivity contribution in [2.24, 2.45) is 5.92 Å². The fraction of sp³-hybridized carbons (Fsp3) is 0.333. The van der Waals surface area contributed by atoms with Crippen LogP contribution < -0.4 is 10.6 Å². The van der Waals surface area contributed by atoms with Crippen LogP contribution in [-0.2, 0) is 0 Å². The first kappa shape index (κ1) is 15.1. The Morgan fingerprint density at radius 3 is 2.71 bits per heavy atom. The van der Waals surface area contributed by atoms with Crippen molar-refractivity contribution in [1.29, 1.82) is 0 Å². The maximum Gasteiger partial charge on any atom is 0.319 e. The highest BCUT2D eigenvalue weighted by molar-refractivity contribution is 5.89. The van der Waals surface area contributed by atoms with Crippen molar-refractivity contribution < 1.29 is 9.90 Å². The molecule has 0 aliphatic rings. The van der Waals surface area contributed by atoms with E-state index in [4.69, 9.17) is 5.11 Å². The van der Waals surface area contributed by atoms with Gasteiger partial charge in [-0.1, -0.05) is 25.1 Å². The second-order valence-electron chi connectivity index (χ2n) is 5.06. The van der Waals surface area contributed by atoms with Crippen LogP contribution in [-0.4, -0.2) is 33.6 Å². The zero-order valence-corrected chi connectivity index (χ0v) is 12.2. The summed E-state index contributed by atoms with van der Waals surface area (Å²) in [7, 11) is 0. The van der Waals surface area contributed by atoms with Crippen LogP contribution in [0.5, 0.6) is 0 Å². The van der Waals surface area contributed by atoms with Gasteiger partial charge in [-0.2, -0.15) is 5.10 Å². The van der Waals surface area contributed by atoms with Gasteiger partial charge in [0, 0.05) is 12.6 Å². The van der Waals surface area contributed by atoms with E-state index < -0.39 is 0 Å². The number of aliphatic hydroxyl groups is 1. The molecule has 0 spiro atoms. The van der Waals surface area contributed by atoms with Crippen LogP contribution in [0.1, 0.15) is 13.8 Å². The van der Waals surface area contributed by atoms with Crippen LogP contribution in [0.25, 0.3) is 5.69 Å². The molecular formula is C15H20N4O2. The van der Waals surface area contributed by atoms with E-state index in [0.717, 1.165) is 5.69 Å². The smallest absolute Gasteiger partial charge is 0.319 e. The maximum absolute atomic E-state index is 11.8. The van der Waals surface area contributed by atoms with Gasteiger partial charge in [-0.05, 0) is 25.0 Å². The van der Waals surface area contributed by atoms with E-state index in [9.17, 15) is 4.79 Å². The van der Waals surface area contributed by atoms with Gasteiger partial charge in [-0.25, -0.2) is 9.48 Å². The molecule has 2 unspecified atom stereocenters. The van der Waals surface area contributed by atoms with Crippen molar-refractivity contribution in [3.05, 3.63) is 42.7 Å². The minimum Gasteiger partial charge on any atom is -0.396 e. The molecule has 2 atom stereocenters. The third kappa shape index (κ3) is 4.06. The first-order valence-electron chi connectivity index (χ1n) is 6.88. The Hall–Kier alpha value is -2.34. The summed E-state index contributed by atoms with van der Waals surface area (Å²) in [6, 6.07) is 9.23. The molecule has 1 heterocycles. The average molecular weight is 288 g/mol. The minimum absolute atomic E-state index is 0.00259. The Labute approximate surface area is 123 Å². The predicted molar refractivity (Wildman–Crippen MR) is 81.4 cm³/mol. The predicted octanol–water partition coefficient (Wildman–Crippen LogP) is 2.01. The van der Waals surface area contributed by atoms with Crippen LogP contribution >= 0.6 is 0 Å².